The van der Waals surface area contributed by atoms with E-state index in [-0.39, 0.29) is 0 Å². The molecule has 0 spiro atoms. The standard InChI is InChI=1S/C18H21N/c1-3-18(17-7-5-4-6-8-17)14(2)16-11-9-15(13-19)10-12-16/h4-14,18-19H,3H2,1-2H3. The zero-order valence-electron chi connectivity index (χ0n) is 11.6. The van der Waals surface area contributed by atoms with Gasteiger partial charge in [0.1, 0.15) is 0 Å². The molecule has 2 unspecified atom stereocenters. The monoisotopic (exact) mass is 251 g/mol. The first-order valence-electron chi connectivity index (χ1n) is 6.91. The van der Waals surface area contributed by atoms with Crippen LogP contribution in [0.3, 0.4) is 0 Å². The molecule has 0 saturated heterocycles. The van der Waals surface area contributed by atoms with Gasteiger partial charge < -0.3 is 5.41 Å². The van der Waals surface area contributed by atoms with Gasteiger partial charge in [-0.1, -0.05) is 68.4 Å². The molecule has 0 radical (unpaired) electrons. The lowest BCUT2D eigenvalue weighted by atomic mass is 9.81. The Morgan fingerprint density at radius 2 is 1.58 bits per heavy atom. The van der Waals surface area contributed by atoms with Gasteiger partial charge in [-0.05, 0) is 34.9 Å². The molecule has 0 fully saturated rings. The Morgan fingerprint density at radius 3 is 2.11 bits per heavy atom. The van der Waals surface area contributed by atoms with Gasteiger partial charge >= 0.3 is 0 Å². The predicted octanol–water partition coefficient (Wildman–Crippen LogP) is 4.98. The van der Waals surface area contributed by atoms with Crippen molar-refractivity contribution in [2.45, 2.75) is 32.1 Å². The van der Waals surface area contributed by atoms with Crippen LogP contribution >= 0.6 is 0 Å². The Hall–Kier alpha value is -1.89. The summed E-state index contributed by atoms with van der Waals surface area (Å²) in [7, 11) is 0. The summed E-state index contributed by atoms with van der Waals surface area (Å²) >= 11 is 0. The maximum atomic E-state index is 7.25. The van der Waals surface area contributed by atoms with Gasteiger partial charge in [-0.2, -0.15) is 0 Å². The second kappa shape index (κ2) is 6.33. The van der Waals surface area contributed by atoms with Gasteiger partial charge in [0.05, 0.1) is 0 Å². The first-order valence-corrected chi connectivity index (χ1v) is 6.91. The average Bonchev–Trinajstić information content (AvgIpc) is 2.49. The van der Waals surface area contributed by atoms with Crippen LogP contribution in [0.15, 0.2) is 54.6 Å². The summed E-state index contributed by atoms with van der Waals surface area (Å²) in [6.07, 6.45) is 2.53. The largest absolute Gasteiger partial charge is 0.308 e. The predicted molar refractivity (Wildman–Crippen MR) is 82.2 cm³/mol. The van der Waals surface area contributed by atoms with E-state index in [4.69, 9.17) is 5.41 Å². The molecule has 0 aliphatic rings. The van der Waals surface area contributed by atoms with Crippen molar-refractivity contribution in [1.82, 2.24) is 0 Å². The van der Waals surface area contributed by atoms with E-state index in [0.29, 0.717) is 11.8 Å². The number of nitrogens with one attached hydrogen (secondary N) is 1. The van der Waals surface area contributed by atoms with Gasteiger partial charge in [-0.15, -0.1) is 0 Å². The molecular formula is C18H21N. The molecule has 1 heteroatoms. The van der Waals surface area contributed by atoms with E-state index in [2.05, 4.69) is 56.3 Å². The third kappa shape index (κ3) is 3.11. The van der Waals surface area contributed by atoms with Crippen LogP contribution in [0.2, 0.25) is 0 Å². The lowest BCUT2D eigenvalue weighted by Crippen LogP contribution is -2.07. The zero-order valence-corrected chi connectivity index (χ0v) is 11.6. The van der Waals surface area contributed by atoms with Gasteiger partial charge in [-0.25, -0.2) is 0 Å². The highest BCUT2D eigenvalue weighted by Gasteiger charge is 2.18. The Bertz CT molecular complexity index is 513. The van der Waals surface area contributed by atoms with Crippen LogP contribution in [0.4, 0.5) is 0 Å². The van der Waals surface area contributed by atoms with E-state index in [1.54, 1.807) is 0 Å². The molecule has 0 aliphatic heterocycles. The molecule has 0 amide bonds. The van der Waals surface area contributed by atoms with E-state index < -0.39 is 0 Å². The lowest BCUT2D eigenvalue weighted by Gasteiger charge is -2.23. The maximum Gasteiger partial charge on any atom is 0.0250 e. The molecule has 0 bridgehead atoms. The van der Waals surface area contributed by atoms with E-state index >= 15 is 0 Å². The van der Waals surface area contributed by atoms with Crippen molar-refractivity contribution in [3.05, 3.63) is 71.3 Å². The van der Waals surface area contributed by atoms with Gasteiger partial charge in [0.15, 0.2) is 0 Å². The second-order valence-corrected chi connectivity index (χ2v) is 5.03. The highest BCUT2D eigenvalue weighted by atomic mass is 14.3. The molecule has 0 saturated carbocycles. The minimum Gasteiger partial charge on any atom is -0.308 e. The molecule has 0 aromatic heterocycles. The summed E-state index contributed by atoms with van der Waals surface area (Å²) < 4.78 is 0. The van der Waals surface area contributed by atoms with Crippen molar-refractivity contribution in [2.75, 3.05) is 0 Å². The molecular weight excluding hydrogens is 230 g/mol. The molecule has 1 N–H and O–H groups in total. The fraction of sp³-hybridized carbons (Fsp3) is 0.278. The smallest absolute Gasteiger partial charge is 0.0250 e. The van der Waals surface area contributed by atoms with E-state index in [1.807, 2.05) is 12.1 Å². The molecule has 19 heavy (non-hydrogen) atoms. The summed E-state index contributed by atoms with van der Waals surface area (Å²) in [5.41, 5.74) is 3.72. The van der Waals surface area contributed by atoms with Crippen molar-refractivity contribution < 1.29 is 0 Å². The van der Waals surface area contributed by atoms with Gasteiger partial charge in [0.2, 0.25) is 0 Å². The van der Waals surface area contributed by atoms with E-state index in [1.165, 1.54) is 17.3 Å². The van der Waals surface area contributed by atoms with Gasteiger partial charge in [0, 0.05) is 6.21 Å². The lowest BCUT2D eigenvalue weighted by molar-refractivity contribution is 0.559. The Morgan fingerprint density at radius 1 is 0.947 bits per heavy atom. The van der Waals surface area contributed by atoms with Crippen LogP contribution in [-0.4, -0.2) is 6.21 Å². The minimum atomic E-state index is 0.493. The second-order valence-electron chi connectivity index (χ2n) is 5.03. The topological polar surface area (TPSA) is 23.9 Å². The number of benzene rings is 2. The van der Waals surface area contributed by atoms with Gasteiger partial charge in [0.25, 0.3) is 0 Å². The summed E-state index contributed by atoms with van der Waals surface area (Å²) in [5, 5.41) is 7.25. The SMILES string of the molecule is CCC(c1ccccc1)C(C)c1ccc(C=N)cc1. The fourth-order valence-electron chi connectivity index (χ4n) is 2.71. The Labute approximate surface area is 115 Å². The quantitative estimate of drug-likeness (QED) is 0.724. The van der Waals surface area contributed by atoms with Crippen molar-refractivity contribution in [2.24, 2.45) is 0 Å². The summed E-state index contributed by atoms with van der Waals surface area (Å²) in [4.78, 5) is 0. The summed E-state index contributed by atoms with van der Waals surface area (Å²) in [5.74, 6) is 1.04. The van der Waals surface area contributed by atoms with Crippen LogP contribution in [0.1, 0.15) is 48.8 Å². The van der Waals surface area contributed by atoms with Gasteiger partial charge in [-0.3, -0.25) is 0 Å². The normalized spacial score (nSPS) is 13.8. The molecule has 2 rings (SSSR count). The number of rotatable bonds is 5. The van der Waals surface area contributed by atoms with Crippen LogP contribution in [0.25, 0.3) is 0 Å². The molecule has 2 atom stereocenters. The van der Waals surface area contributed by atoms with Crippen LogP contribution in [-0.2, 0) is 0 Å². The third-order valence-corrected chi connectivity index (χ3v) is 3.90. The Kier molecular flexibility index (Phi) is 4.51. The zero-order chi connectivity index (χ0) is 13.7. The first-order chi connectivity index (χ1) is 9.26. The molecule has 98 valence electrons. The molecule has 2 aromatic carbocycles. The summed E-state index contributed by atoms with van der Waals surface area (Å²) in [6, 6.07) is 19.1. The minimum absolute atomic E-state index is 0.493. The van der Waals surface area contributed by atoms with Crippen molar-refractivity contribution >= 4 is 6.21 Å². The summed E-state index contributed by atoms with van der Waals surface area (Å²) in [6.45, 7) is 4.54. The number of hydrogen-bond acceptors (Lipinski definition) is 1. The van der Waals surface area contributed by atoms with E-state index in [0.717, 1.165) is 12.0 Å². The maximum absolute atomic E-state index is 7.25. The van der Waals surface area contributed by atoms with Crippen molar-refractivity contribution in [3.63, 3.8) is 0 Å². The molecule has 2 aromatic rings. The molecule has 0 aliphatic carbocycles. The van der Waals surface area contributed by atoms with E-state index in [9.17, 15) is 0 Å². The average molecular weight is 251 g/mol. The fourth-order valence-corrected chi connectivity index (χ4v) is 2.71. The van der Waals surface area contributed by atoms with Crippen LogP contribution < -0.4 is 0 Å². The van der Waals surface area contributed by atoms with Crippen molar-refractivity contribution in [3.8, 4) is 0 Å². The molecule has 0 heterocycles. The highest BCUT2D eigenvalue weighted by molar-refractivity contribution is 5.76. The third-order valence-electron chi connectivity index (χ3n) is 3.90. The number of hydrogen-bond donors (Lipinski definition) is 1. The van der Waals surface area contributed by atoms with Crippen LogP contribution in [0.5, 0.6) is 0 Å². The Balaban J connectivity index is 2.25. The van der Waals surface area contributed by atoms with Crippen molar-refractivity contribution in [1.29, 1.82) is 5.41 Å². The first kappa shape index (κ1) is 13.5. The van der Waals surface area contributed by atoms with Crippen LogP contribution in [0, 0.1) is 5.41 Å². The highest BCUT2D eigenvalue weighted by Crippen LogP contribution is 2.35. The molecule has 1 nitrogen and oxygen atoms in total.